The Morgan fingerprint density at radius 3 is 2.65 bits per heavy atom. The molecule has 8 heteroatoms. The Hall–Kier alpha value is -0.790. The zero-order valence-electron chi connectivity index (χ0n) is 10.5. The van der Waals surface area contributed by atoms with Gasteiger partial charge in [0, 0.05) is 11.4 Å². The maximum Gasteiger partial charge on any atom is 0.271 e. The number of sulfonamides is 1. The van der Waals surface area contributed by atoms with Gasteiger partial charge in [-0.2, -0.15) is 0 Å². The lowest BCUT2D eigenvalue weighted by Crippen LogP contribution is -2.11. The van der Waals surface area contributed by atoms with Crippen LogP contribution in [0.5, 0.6) is 0 Å². The second-order valence-corrected chi connectivity index (χ2v) is 7.91. The van der Waals surface area contributed by atoms with Gasteiger partial charge in [0.1, 0.15) is 4.21 Å². The standard InChI is InChI=1S/C12H12Cl2N2O2S2/c1-7-5-11(19-10(7)6-15)20(17,18)16-9-4-2-3-8(13)12(9)14/h2-5,16H,6,15H2,1H3. The molecule has 0 saturated heterocycles. The SMILES string of the molecule is Cc1cc(S(=O)(=O)Nc2cccc(Cl)c2Cl)sc1CN. The van der Waals surface area contributed by atoms with E-state index < -0.39 is 10.0 Å². The summed E-state index contributed by atoms with van der Waals surface area (Å²) in [5.74, 6) is 0. The van der Waals surface area contributed by atoms with Crippen molar-refractivity contribution >= 4 is 50.2 Å². The summed E-state index contributed by atoms with van der Waals surface area (Å²) in [5.41, 5.74) is 6.67. The number of thiophene rings is 1. The van der Waals surface area contributed by atoms with Crippen molar-refractivity contribution in [3.8, 4) is 0 Å². The number of hydrogen-bond donors (Lipinski definition) is 2. The van der Waals surface area contributed by atoms with E-state index in [9.17, 15) is 8.42 Å². The maximum absolute atomic E-state index is 12.3. The number of rotatable bonds is 4. The van der Waals surface area contributed by atoms with Gasteiger partial charge in [0.2, 0.25) is 0 Å². The average molecular weight is 351 g/mol. The van der Waals surface area contributed by atoms with E-state index in [1.807, 2.05) is 6.92 Å². The van der Waals surface area contributed by atoms with Gasteiger partial charge in [-0.25, -0.2) is 8.42 Å². The molecule has 0 atom stereocenters. The molecule has 20 heavy (non-hydrogen) atoms. The molecule has 0 bridgehead atoms. The topological polar surface area (TPSA) is 72.2 Å². The smallest absolute Gasteiger partial charge is 0.271 e. The van der Waals surface area contributed by atoms with E-state index in [-0.39, 0.29) is 19.9 Å². The zero-order valence-corrected chi connectivity index (χ0v) is 13.6. The first-order valence-electron chi connectivity index (χ1n) is 5.61. The second kappa shape index (κ2) is 5.91. The van der Waals surface area contributed by atoms with E-state index in [0.29, 0.717) is 6.54 Å². The van der Waals surface area contributed by atoms with Crippen LogP contribution in [0.3, 0.4) is 0 Å². The predicted octanol–water partition coefficient (Wildman–Crippen LogP) is 3.62. The maximum atomic E-state index is 12.3. The second-order valence-electron chi connectivity index (χ2n) is 4.08. The normalized spacial score (nSPS) is 11.6. The highest BCUT2D eigenvalue weighted by Gasteiger charge is 2.20. The summed E-state index contributed by atoms with van der Waals surface area (Å²) in [6.45, 7) is 2.13. The van der Waals surface area contributed by atoms with Gasteiger partial charge in [0.05, 0.1) is 15.7 Å². The number of nitrogens with one attached hydrogen (secondary N) is 1. The molecule has 0 radical (unpaired) electrons. The molecule has 1 heterocycles. The van der Waals surface area contributed by atoms with Crippen LogP contribution in [0.1, 0.15) is 10.4 Å². The molecular formula is C12H12Cl2N2O2S2. The molecular weight excluding hydrogens is 339 g/mol. The molecule has 1 aromatic heterocycles. The molecule has 0 aliphatic heterocycles. The van der Waals surface area contributed by atoms with Crippen molar-refractivity contribution in [1.82, 2.24) is 0 Å². The quantitative estimate of drug-likeness (QED) is 0.884. The molecule has 0 aliphatic rings. The predicted molar refractivity (Wildman–Crippen MR) is 84.2 cm³/mol. The number of nitrogens with two attached hydrogens (primary N) is 1. The fourth-order valence-electron chi connectivity index (χ4n) is 1.60. The van der Waals surface area contributed by atoms with Gasteiger partial charge >= 0.3 is 0 Å². The summed E-state index contributed by atoms with van der Waals surface area (Å²) in [7, 11) is -3.69. The Bertz CT molecular complexity index is 742. The highest BCUT2D eigenvalue weighted by Crippen LogP contribution is 2.33. The third kappa shape index (κ3) is 3.10. The largest absolute Gasteiger partial charge is 0.326 e. The lowest BCUT2D eigenvalue weighted by molar-refractivity contribution is 0.603. The molecule has 0 saturated carbocycles. The molecule has 0 fully saturated rings. The van der Waals surface area contributed by atoms with Gasteiger partial charge in [0.15, 0.2) is 0 Å². The van der Waals surface area contributed by atoms with E-state index in [1.54, 1.807) is 24.3 Å². The summed E-state index contributed by atoms with van der Waals surface area (Å²) < 4.78 is 27.2. The van der Waals surface area contributed by atoms with Gasteiger partial charge in [0.25, 0.3) is 10.0 Å². The summed E-state index contributed by atoms with van der Waals surface area (Å²) >= 11 is 13.0. The van der Waals surface area contributed by atoms with Crippen molar-refractivity contribution in [2.75, 3.05) is 4.72 Å². The summed E-state index contributed by atoms with van der Waals surface area (Å²) in [5, 5.41) is 0.460. The first kappa shape index (κ1) is 15.6. The summed E-state index contributed by atoms with van der Waals surface area (Å²) in [6.07, 6.45) is 0. The van der Waals surface area contributed by atoms with E-state index in [1.165, 1.54) is 0 Å². The highest BCUT2D eigenvalue weighted by molar-refractivity contribution is 7.94. The highest BCUT2D eigenvalue weighted by atomic mass is 35.5. The van der Waals surface area contributed by atoms with Crippen LogP contribution >= 0.6 is 34.5 Å². The van der Waals surface area contributed by atoms with E-state index in [2.05, 4.69) is 4.72 Å². The van der Waals surface area contributed by atoms with Crippen LogP contribution in [0.4, 0.5) is 5.69 Å². The Labute approximate surface area is 131 Å². The Morgan fingerprint density at radius 2 is 2.05 bits per heavy atom. The molecule has 0 unspecified atom stereocenters. The van der Waals surface area contributed by atoms with Gasteiger partial charge in [-0.05, 0) is 30.7 Å². The summed E-state index contributed by atoms with van der Waals surface area (Å²) in [6, 6.07) is 6.35. The van der Waals surface area contributed by atoms with Crippen molar-refractivity contribution in [3.05, 3.63) is 44.8 Å². The van der Waals surface area contributed by atoms with E-state index in [0.717, 1.165) is 21.8 Å². The molecule has 4 nitrogen and oxygen atoms in total. The number of halogens is 2. The lowest BCUT2D eigenvalue weighted by Gasteiger charge is -2.08. The molecule has 0 spiro atoms. The molecule has 108 valence electrons. The van der Waals surface area contributed by atoms with E-state index in [4.69, 9.17) is 28.9 Å². The van der Waals surface area contributed by atoms with Crippen LogP contribution in [-0.2, 0) is 16.6 Å². The Kier molecular flexibility index (Phi) is 4.61. The van der Waals surface area contributed by atoms with Crippen molar-refractivity contribution in [1.29, 1.82) is 0 Å². The minimum absolute atomic E-state index is 0.171. The molecule has 2 aromatic rings. The van der Waals surface area contributed by atoms with Crippen LogP contribution < -0.4 is 10.5 Å². The summed E-state index contributed by atoms with van der Waals surface area (Å²) in [4.78, 5) is 0.836. The van der Waals surface area contributed by atoms with Gasteiger partial charge in [-0.15, -0.1) is 11.3 Å². The minimum Gasteiger partial charge on any atom is -0.326 e. The van der Waals surface area contributed by atoms with Crippen LogP contribution in [0.2, 0.25) is 10.0 Å². The van der Waals surface area contributed by atoms with Gasteiger partial charge < -0.3 is 5.73 Å². The third-order valence-electron chi connectivity index (χ3n) is 2.64. The lowest BCUT2D eigenvalue weighted by atomic mass is 10.3. The van der Waals surface area contributed by atoms with Crippen molar-refractivity contribution in [2.24, 2.45) is 5.73 Å². The molecule has 0 aliphatic carbocycles. The average Bonchev–Trinajstić information content (AvgIpc) is 2.77. The van der Waals surface area contributed by atoms with Crippen molar-refractivity contribution < 1.29 is 8.42 Å². The minimum atomic E-state index is -3.69. The van der Waals surface area contributed by atoms with E-state index >= 15 is 0 Å². The molecule has 2 rings (SSSR count). The fraction of sp³-hybridized carbons (Fsp3) is 0.167. The zero-order chi connectivity index (χ0) is 14.9. The third-order valence-corrected chi connectivity index (χ3v) is 6.56. The first-order chi connectivity index (χ1) is 9.35. The molecule has 3 N–H and O–H groups in total. The van der Waals surface area contributed by atoms with Crippen LogP contribution in [0, 0.1) is 6.92 Å². The number of hydrogen-bond acceptors (Lipinski definition) is 4. The van der Waals surface area contributed by atoms with Crippen molar-refractivity contribution in [2.45, 2.75) is 17.7 Å². The van der Waals surface area contributed by atoms with Crippen molar-refractivity contribution in [3.63, 3.8) is 0 Å². The molecule has 1 aromatic carbocycles. The number of benzene rings is 1. The monoisotopic (exact) mass is 350 g/mol. The number of aryl methyl sites for hydroxylation is 1. The van der Waals surface area contributed by atoms with Crippen LogP contribution in [0.15, 0.2) is 28.5 Å². The van der Waals surface area contributed by atoms with Gasteiger partial charge in [-0.3, -0.25) is 4.72 Å². The Balaban J connectivity index is 2.38. The molecule has 0 amide bonds. The number of anilines is 1. The van der Waals surface area contributed by atoms with Crippen LogP contribution in [-0.4, -0.2) is 8.42 Å². The Morgan fingerprint density at radius 1 is 1.35 bits per heavy atom. The first-order valence-corrected chi connectivity index (χ1v) is 8.67. The fourth-order valence-corrected chi connectivity index (χ4v) is 4.54. The van der Waals surface area contributed by atoms with Crippen LogP contribution in [0.25, 0.3) is 0 Å². The van der Waals surface area contributed by atoms with Gasteiger partial charge in [-0.1, -0.05) is 29.3 Å².